The second kappa shape index (κ2) is 5.83. The number of likely N-dealkylation sites (tertiary alicyclic amines) is 1. The minimum Gasteiger partial charge on any atom is -0.353 e. The van der Waals surface area contributed by atoms with Crippen molar-refractivity contribution >= 4 is 5.91 Å². The van der Waals surface area contributed by atoms with Gasteiger partial charge in [-0.25, -0.2) is 0 Å². The van der Waals surface area contributed by atoms with E-state index < -0.39 is 0 Å². The van der Waals surface area contributed by atoms with E-state index in [2.05, 4.69) is 29.4 Å². The fourth-order valence-corrected chi connectivity index (χ4v) is 2.89. The van der Waals surface area contributed by atoms with E-state index in [1.165, 1.54) is 12.8 Å². The maximum absolute atomic E-state index is 11.8. The van der Waals surface area contributed by atoms with E-state index in [0.29, 0.717) is 18.6 Å². The molecule has 3 atom stereocenters. The Labute approximate surface area is 104 Å². The second-order valence-electron chi connectivity index (χ2n) is 5.53. The summed E-state index contributed by atoms with van der Waals surface area (Å²) in [7, 11) is 0. The van der Waals surface area contributed by atoms with E-state index in [4.69, 9.17) is 0 Å². The summed E-state index contributed by atoms with van der Waals surface area (Å²) in [5.74, 6) is 0.943. The molecule has 2 N–H and O–H groups in total. The minimum absolute atomic E-state index is 0.179. The highest BCUT2D eigenvalue weighted by molar-refractivity contribution is 5.78. The lowest BCUT2D eigenvalue weighted by Crippen LogP contribution is -2.42. The van der Waals surface area contributed by atoms with Gasteiger partial charge in [0, 0.05) is 25.2 Å². The monoisotopic (exact) mass is 239 g/mol. The standard InChI is InChI=1S/C13H25N3O/c1-3-10(2)15-13(17)9-16-7-11-5-4-6-14-12(11)8-16/h10-12,14H,3-9H2,1-2H3,(H,15,17)/t10?,11-,12+/m0/s1. The number of carbonyl (C=O) groups is 1. The highest BCUT2D eigenvalue weighted by Gasteiger charge is 2.34. The first-order chi connectivity index (χ1) is 8.19. The largest absolute Gasteiger partial charge is 0.353 e. The van der Waals surface area contributed by atoms with Crippen LogP contribution in [0.3, 0.4) is 0 Å². The molecule has 2 saturated heterocycles. The Kier molecular flexibility index (Phi) is 4.40. The van der Waals surface area contributed by atoms with Gasteiger partial charge in [-0.05, 0) is 38.6 Å². The Morgan fingerprint density at radius 1 is 1.53 bits per heavy atom. The highest BCUT2D eigenvalue weighted by Crippen LogP contribution is 2.24. The molecule has 17 heavy (non-hydrogen) atoms. The summed E-state index contributed by atoms with van der Waals surface area (Å²) in [4.78, 5) is 14.1. The van der Waals surface area contributed by atoms with Crippen molar-refractivity contribution in [1.82, 2.24) is 15.5 Å². The number of nitrogens with one attached hydrogen (secondary N) is 2. The lowest BCUT2D eigenvalue weighted by molar-refractivity contribution is -0.122. The molecule has 2 aliphatic heterocycles. The third-order valence-electron chi connectivity index (χ3n) is 4.06. The summed E-state index contributed by atoms with van der Waals surface area (Å²) >= 11 is 0. The molecule has 0 aromatic heterocycles. The van der Waals surface area contributed by atoms with Gasteiger partial charge in [-0.2, -0.15) is 0 Å². The van der Waals surface area contributed by atoms with Crippen LogP contribution in [0.1, 0.15) is 33.1 Å². The minimum atomic E-state index is 0.179. The number of amides is 1. The summed E-state index contributed by atoms with van der Waals surface area (Å²) in [5.41, 5.74) is 0. The van der Waals surface area contributed by atoms with Crippen LogP contribution in [0.25, 0.3) is 0 Å². The van der Waals surface area contributed by atoms with Gasteiger partial charge in [0.05, 0.1) is 6.54 Å². The summed E-state index contributed by atoms with van der Waals surface area (Å²) < 4.78 is 0. The molecule has 98 valence electrons. The SMILES string of the molecule is CCC(C)NC(=O)CN1C[C@@H]2CCCN[C@@H]2C1. The maximum atomic E-state index is 11.8. The van der Waals surface area contributed by atoms with Crippen molar-refractivity contribution in [3.05, 3.63) is 0 Å². The van der Waals surface area contributed by atoms with Gasteiger partial charge in [-0.15, -0.1) is 0 Å². The maximum Gasteiger partial charge on any atom is 0.234 e. The molecular formula is C13H25N3O. The number of hydrogen-bond acceptors (Lipinski definition) is 3. The first-order valence-electron chi connectivity index (χ1n) is 6.94. The van der Waals surface area contributed by atoms with Crippen molar-refractivity contribution in [2.24, 2.45) is 5.92 Å². The van der Waals surface area contributed by atoms with E-state index in [1.807, 2.05) is 0 Å². The first kappa shape index (κ1) is 12.8. The molecule has 2 rings (SSSR count). The molecule has 0 bridgehead atoms. The fraction of sp³-hybridized carbons (Fsp3) is 0.923. The van der Waals surface area contributed by atoms with Crippen molar-refractivity contribution in [2.75, 3.05) is 26.2 Å². The number of fused-ring (bicyclic) bond motifs is 1. The molecule has 4 heteroatoms. The lowest BCUT2D eigenvalue weighted by atomic mass is 9.94. The predicted octanol–water partition coefficient (Wildman–Crippen LogP) is 0.585. The number of piperidine rings is 1. The van der Waals surface area contributed by atoms with Crippen molar-refractivity contribution < 1.29 is 4.79 Å². The van der Waals surface area contributed by atoms with E-state index in [1.54, 1.807) is 0 Å². The summed E-state index contributed by atoms with van der Waals surface area (Å²) in [6.45, 7) is 8.00. The Balaban J connectivity index is 1.75. The Morgan fingerprint density at radius 2 is 2.35 bits per heavy atom. The van der Waals surface area contributed by atoms with E-state index in [-0.39, 0.29) is 5.91 Å². The molecule has 1 amide bonds. The third-order valence-corrected chi connectivity index (χ3v) is 4.06. The molecule has 2 heterocycles. The van der Waals surface area contributed by atoms with Gasteiger partial charge in [-0.1, -0.05) is 6.92 Å². The Morgan fingerprint density at radius 3 is 3.06 bits per heavy atom. The molecule has 2 aliphatic rings. The van der Waals surface area contributed by atoms with E-state index in [9.17, 15) is 4.79 Å². The number of rotatable bonds is 4. The number of hydrogen-bond donors (Lipinski definition) is 2. The molecule has 0 saturated carbocycles. The molecular weight excluding hydrogens is 214 g/mol. The van der Waals surface area contributed by atoms with Gasteiger partial charge >= 0.3 is 0 Å². The van der Waals surface area contributed by atoms with E-state index >= 15 is 0 Å². The fourth-order valence-electron chi connectivity index (χ4n) is 2.89. The second-order valence-corrected chi connectivity index (χ2v) is 5.53. The van der Waals surface area contributed by atoms with Crippen LogP contribution in [0.2, 0.25) is 0 Å². The van der Waals surface area contributed by atoms with Gasteiger partial charge < -0.3 is 10.6 Å². The smallest absolute Gasteiger partial charge is 0.234 e. The molecule has 0 aromatic carbocycles. The van der Waals surface area contributed by atoms with Crippen LogP contribution in [0.15, 0.2) is 0 Å². The van der Waals surface area contributed by atoms with Gasteiger partial charge in [0.1, 0.15) is 0 Å². The molecule has 0 radical (unpaired) electrons. The van der Waals surface area contributed by atoms with Crippen LogP contribution in [-0.2, 0) is 4.79 Å². The average molecular weight is 239 g/mol. The zero-order valence-electron chi connectivity index (χ0n) is 11.0. The molecule has 4 nitrogen and oxygen atoms in total. The Hall–Kier alpha value is -0.610. The Bertz CT molecular complexity index is 255. The van der Waals surface area contributed by atoms with Crippen molar-refractivity contribution in [3.8, 4) is 0 Å². The molecule has 0 aliphatic carbocycles. The lowest BCUT2D eigenvalue weighted by Gasteiger charge is -2.24. The summed E-state index contributed by atoms with van der Waals surface area (Å²) in [6, 6.07) is 0.922. The van der Waals surface area contributed by atoms with Crippen LogP contribution in [0.5, 0.6) is 0 Å². The van der Waals surface area contributed by atoms with Gasteiger partial charge in [0.2, 0.25) is 5.91 Å². The first-order valence-corrected chi connectivity index (χ1v) is 6.94. The molecule has 0 aromatic rings. The van der Waals surface area contributed by atoms with Crippen molar-refractivity contribution in [1.29, 1.82) is 0 Å². The van der Waals surface area contributed by atoms with Crippen LogP contribution >= 0.6 is 0 Å². The number of carbonyl (C=O) groups excluding carboxylic acids is 1. The third kappa shape index (κ3) is 3.42. The van der Waals surface area contributed by atoms with E-state index in [0.717, 1.165) is 32.0 Å². The zero-order valence-corrected chi connectivity index (χ0v) is 11.0. The van der Waals surface area contributed by atoms with Crippen molar-refractivity contribution in [3.63, 3.8) is 0 Å². The predicted molar refractivity (Wildman–Crippen MR) is 68.9 cm³/mol. The molecule has 2 fully saturated rings. The summed E-state index contributed by atoms with van der Waals surface area (Å²) in [5, 5.41) is 6.60. The van der Waals surface area contributed by atoms with Crippen LogP contribution in [0.4, 0.5) is 0 Å². The van der Waals surface area contributed by atoms with Crippen LogP contribution in [0, 0.1) is 5.92 Å². The zero-order chi connectivity index (χ0) is 12.3. The molecule has 1 unspecified atom stereocenters. The van der Waals surface area contributed by atoms with Crippen molar-refractivity contribution in [2.45, 2.75) is 45.2 Å². The highest BCUT2D eigenvalue weighted by atomic mass is 16.2. The summed E-state index contributed by atoms with van der Waals surface area (Å²) in [6.07, 6.45) is 3.60. The quantitative estimate of drug-likeness (QED) is 0.754. The topological polar surface area (TPSA) is 44.4 Å². The number of nitrogens with zero attached hydrogens (tertiary/aromatic N) is 1. The average Bonchev–Trinajstić information content (AvgIpc) is 2.70. The van der Waals surface area contributed by atoms with Gasteiger partial charge in [-0.3, -0.25) is 9.69 Å². The van der Waals surface area contributed by atoms with Crippen LogP contribution < -0.4 is 10.6 Å². The van der Waals surface area contributed by atoms with Gasteiger partial charge in [0.25, 0.3) is 0 Å². The van der Waals surface area contributed by atoms with Gasteiger partial charge in [0.15, 0.2) is 0 Å². The normalized spacial score (nSPS) is 30.9. The van der Waals surface area contributed by atoms with Crippen LogP contribution in [-0.4, -0.2) is 49.1 Å². The molecule has 0 spiro atoms.